The monoisotopic (exact) mass is 712 g/mol. The number of rotatable bonds is 16. The molecule has 0 spiro atoms. The highest BCUT2D eigenvalue weighted by Crippen LogP contribution is 2.39. The van der Waals surface area contributed by atoms with Crippen LogP contribution in [0.2, 0.25) is 5.15 Å². The van der Waals surface area contributed by atoms with Crippen molar-refractivity contribution in [2.45, 2.75) is 116 Å². The maximum absolute atomic E-state index is 14.7. The van der Waals surface area contributed by atoms with Gasteiger partial charge in [-0.3, -0.25) is 4.79 Å². The number of fused-ring (bicyclic) bond motifs is 1. The van der Waals surface area contributed by atoms with E-state index >= 15 is 0 Å². The fraction of sp³-hybridized carbons (Fsp3) is 0.658. The van der Waals surface area contributed by atoms with E-state index in [4.69, 9.17) is 30.5 Å². The molecule has 0 bridgehead atoms. The van der Waals surface area contributed by atoms with Crippen LogP contribution in [0, 0.1) is 23.7 Å². The van der Waals surface area contributed by atoms with Crippen LogP contribution in [0.5, 0.6) is 11.6 Å². The molecule has 3 aliphatic rings. The van der Waals surface area contributed by atoms with Crippen LogP contribution in [0.25, 0.3) is 11.0 Å². The second kappa shape index (κ2) is 17.6. The van der Waals surface area contributed by atoms with Gasteiger partial charge in [0, 0.05) is 12.0 Å². The predicted molar refractivity (Wildman–Crippen MR) is 191 cm³/mol. The Morgan fingerprint density at radius 1 is 1.10 bits per heavy atom. The number of unbranched alkanes of at least 4 members (excludes halogenated alkanes) is 2. The summed E-state index contributed by atoms with van der Waals surface area (Å²) in [5.41, 5.74) is 1.11. The highest BCUT2D eigenvalue weighted by Gasteiger charge is 2.52. The summed E-state index contributed by atoms with van der Waals surface area (Å²) < 4.78 is 23.4. The standard InChI is InChI=1S/C38H53ClN4O7/c1-6-8-9-11-16-25-19-30(25)50-38(46)42-32(24-14-12-10-13-15-24)36(44)43-21-31(27(7-2)33(43)37(45)48-22-23(3)4)49-35-34(39)40-28-18-17-26(47-5)20-29(28)41-35/h6,17-18,20,23-25,27,30-33H,1,7-16,19,21-22H2,2-5H3,(H,42,46)/t25-,27-,30-,31+,32+,33+/m1/s1. The van der Waals surface area contributed by atoms with E-state index in [0.717, 1.165) is 64.2 Å². The fourth-order valence-corrected chi connectivity index (χ4v) is 7.56. The smallest absolute Gasteiger partial charge is 0.408 e. The summed E-state index contributed by atoms with van der Waals surface area (Å²) in [5.74, 6) is -0.158. The number of aromatic nitrogens is 2. The van der Waals surface area contributed by atoms with Gasteiger partial charge in [0.1, 0.15) is 30.0 Å². The van der Waals surface area contributed by atoms with Gasteiger partial charge in [-0.2, -0.15) is 0 Å². The number of nitrogens with zero attached hydrogens (tertiary/aromatic N) is 3. The fourth-order valence-electron chi connectivity index (χ4n) is 7.38. The predicted octanol–water partition coefficient (Wildman–Crippen LogP) is 7.29. The number of halogens is 1. The molecule has 1 aliphatic heterocycles. The van der Waals surface area contributed by atoms with E-state index in [0.29, 0.717) is 29.1 Å². The van der Waals surface area contributed by atoms with Crippen LogP contribution < -0.4 is 14.8 Å². The van der Waals surface area contributed by atoms with Crippen LogP contribution in [-0.2, 0) is 19.1 Å². The third kappa shape index (κ3) is 9.38. The third-order valence-electron chi connectivity index (χ3n) is 10.2. The summed E-state index contributed by atoms with van der Waals surface area (Å²) in [7, 11) is 1.57. The number of allylic oxidation sites excluding steroid dienone is 1. The Labute approximate surface area is 300 Å². The van der Waals surface area contributed by atoms with Gasteiger partial charge in [0.05, 0.1) is 31.3 Å². The summed E-state index contributed by atoms with van der Waals surface area (Å²) in [5, 5.41) is 3.04. The van der Waals surface area contributed by atoms with E-state index in [9.17, 15) is 14.4 Å². The first-order valence-corrected chi connectivity index (χ1v) is 18.7. The lowest BCUT2D eigenvalue weighted by molar-refractivity contribution is -0.156. The molecule has 0 unspecified atom stereocenters. The number of carbonyl (C=O) groups is 3. The molecule has 1 saturated heterocycles. The number of methoxy groups -OCH3 is 1. The summed E-state index contributed by atoms with van der Waals surface area (Å²) >= 11 is 6.57. The molecule has 5 rings (SSSR count). The second-order valence-electron chi connectivity index (χ2n) is 14.4. The Balaban J connectivity index is 1.37. The molecule has 1 aromatic heterocycles. The van der Waals surface area contributed by atoms with E-state index in [1.54, 1.807) is 30.2 Å². The molecule has 6 atom stereocenters. The zero-order valence-corrected chi connectivity index (χ0v) is 30.7. The first-order valence-electron chi connectivity index (χ1n) is 18.4. The van der Waals surface area contributed by atoms with Crippen LogP contribution in [0.1, 0.15) is 91.4 Å². The summed E-state index contributed by atoms with van der Waals surface area (Å²) in [6, 6.07) is 3.51. The number of likely N-dealkylation sites (tertiary alicyclic amines) is 1. The Bertz CT molecular complexity index is 1500. The van der Waals surface area contributed by atoms with Crippen molar-refractivity contribution in [2.24, 2.45) is 23.7 Å². The topological polar surface area (TPSA) is 129 Å². The van der Waals surface area contributed by atoms with Gasteiger partial charge < -0.3 is 29.2 Å². The number of nitrogens with one attached hydrogen (secondary N) is 1. The average molecular weight is 713 g/mol. The second-order valence-corrected chi connectivity index (χ2v) is 14.8. The van der Waals surface area contributed by atoms with Crippen molar-refractivity contribution >= 4 is 40.6 Å². The van der Waals surface area contributed by atoms with Gasteiger partial charge in [-0.15, -0.1) is 6.58 Å². The molecule has 2 amide bonds. The normalized spacial score (nSPS) is 24.1. The number of carbonyl (C=O) groups excluding carboxylic acids is 3. The molecule has 11 nitrogen and oxygen atoms in total. The van der Waals surface area contributed by atoms with Crippen LogP contribution in [0.4, 0.5) is 4.79 Å². The molecule has 50 heavy (non-hydrogen) atoms. The highest BCUT2D eigenvalue weighted by atomic mass is 35.5. The van der Waals surface area contributed by atoms with Crippen LogP contribution in [0.15, 0.2) is 30.9 Å². The molecule has 1 aromatic carbocycles. The summed E-state index contributed by atoms with van der Waals surface area (Å²) in [6.45, 7) is 9.96. The third-order valence-corrected chi connectivity index (χ3v) is 10.5. The van der Waals surface area contributed by atoms with Crippen molar-refractivity contribution in [3.05, 3.63) is 36.0 Å². The van der Waals surface area contributed by atoms with E-state index in [1.165, 1.54) is 0 Å². The van der Waals surface area contributed by atoms with E-state index in [2.05, 4.69) is 21.9 Å². The molecular formula is C38H53ClN4O7. The molecule has 12 heteroatoms. The minimum Gasteiger partial charge on any atom is -0.497 e. The SMILES string of the molecule is C=CCCCC[C@@H]1C[C@H]1OC(=O)N[C@H](C(=O)N1C[C@H](Oc2nc3cc(OC)ccc3nc2Cl)[C@@H](CC)[C@H]1C(=O)OCC(C)C)C1CCCCC1. The average Bonchev–Trinajstić information content (AvgIpc) is 3.74. The minimum atomic E-state index is -0.921. The Hall–Kier alpha value is -3.60. The lowest BCUT2D eigenvalue weighted by atomic mass is 9.83. The quantitative estimate of drug-likeness (QED) is 0.108. The number of hydrogen-bond acceptors (Lipinski definition) is 9. The van der Waals surface area contributed by atoms with Gasteiger partial charge in [0.15, 0.2) is 5.15 Å². The molecule has 2 saturated carbocycles. The molecule has 274 valence electrons. The molecular weight excluding hydrogens is 660 g/mol. The summed E-state index contributed by atoms with van der Waals surface area (Å²) in [6.07, 6.45) is 10.7. The first kappa shape index (κ1) is 37.7. The maximum Gasteiger partial charge on any atom is 0.408 e. The number of esters is 1. The van der Waals surface area contributed by atoms with Gasteiger partial charge in [-0.25, -0.2) is 19.6 Å². The lowest BCUT2D eigenvalue weighted by Crippen LogP contribution is -2.56. The largest absolute Gasteiger partial charge is 0.497 e. The number of hydrogen-bond donors (Lipinski definition) is 1. The Morgan fingerprint density at radius 3 is 2.58 bits per heavy atom. The van der Waals surface area contributed by atoms with Crippen LogP contribution >= 0.6 is 11.6 Å². The molecule has 2 aromatic rings. The van der Waals surface area contributed by atoms with E-state index < -0.39 is 36.2 Å². The lowest BCUT2D eigenvalue weighted by Gasteiger charge is -2.34. The van der Waals surface area contributed by atoms with Crippen molar-refractivity contribution in [1.82, 2.24) is 20.2 Å². The van der Waals surface area contributed by atoms with Crippen molar-refractivity contribution < 1.29 is 33.3 Å². The van der Waals surface area contributed by atoms with Crippen molar-refractivity contribution in [2.75, 3.05) is 20.3 Å². The first-order chi connectivity index (χ1) is 24.1. The van der Waals surface area contributed by atoms with E-state index in [-0.39, 0.29) is 48.0 Å². The van der Waals surface area contributed by atoms with Crippen molar-refractivity contribution in [3.8, 4) is 11.6 Å². The molecule has 0 radical (unpaired) electrons. The van der Waals surface area contributed by atoms with Gasteiger partial charge in [0.2, 0.25) is 5.91 Å². The van der Waals surface area contributed by atoms with Crippen LogP contribution in [-0.4, -0.2) is 77.4 Å². The maximum atomic E-state index is 14.7. The molecule has 2 heterocycles. The molecule has 3 fully saturated rings. The Kier molecular flexibility index (Phi) is 13.2. The number of alkyl carbamates (subject to hydrolysis) is 1. The number of ether oxygens (including phenoxy) is 4. The van der Waals surface area contributed by atoms with Gasteiger partial charge in [0.25, 0.3) is 5.88 Å². The van der Waals surface area contributed by atoms with Gasteiger partial charge in [-0.1, -0.05) is 64.1 Å². The zero-order chi connectivity index (χ0) is 35.8. The molecule has 1 N–H and O–H groups in total. The van der Waals surface area contributed by atoms with E-state index in [1.807, 2.05) is 26.8 Å². The number of benzene rings is 1. The van der Waals surface area contributed by atoms with Gasteiger partial charge >= 0.3 is 12.1 Å². The summed E-state index contributed by atoms with van der Waals surface area (Å²) in [4.78, 5) is 52.5. The van der Waals surface area contributed by atoms with Gasteiger partial charge in [-0.05, 0) is 74.8 Å². The minimum absolute atomic E-state index is 0.0739. The molecule has 2 aliphatic carbocycles. The highest BCUT2D eigenvalue weighted by molar-refractivity contribution is 6.31. The zero-order valence-electron chi connectivity index (χ0n) is 29.9. The number of amides is 2. The van der Waals surface area contributed by atoms with Crippen molar-refractivity contribution in [3.63, 3.8) is 0 Å². The van der Waals surface area contributed by atoms with Crippen molar-refractivity contribution in [1.29, 1.82) is 0 Å². The Morgan fingerprint density at radius 2 is 1.88 bits per heavy atom. The van der Waals surface area contributed by atoms with Crippen LogP contribution in [0.3, 0.4) is 0 Å².